The molecule has 0 bridgehead atoms. The van der Waals surface area contributed by atoms with Crippen LogP contribution in [0.3, 0.4) is 0 Å². The number of hydrogen-bond donors (Lipinski definition) is 0. The topological polar surface area (TPSA) is 38.8 Å². The first kappa shape index (κ1) is 11.0. The largest absolute Gasteiger partial charge is 0.452 e. The van der Waals surface area contributed by atoms with Gasteiger partial charge in [-0.2, -0.15) is 0 Å². The van der Waals surface area contributed by atoms with Gasteiger partial charge in [0.25, 0.3) is 0 Å². The van der Waals surface area contributed by atoms with Crippen molar-refractivity contribution in [3.63, 3.8) is 0 Å². The van der Waals surface area contributed by atoms with E-state index in [-0.39, 0.29) is 29.2 Å². The van der Waals surface area contributed by atoms with Crippen LogP contribution in [0.1, 0.15) is 39.5 Å². The summed E-state index contributed by atoms with van der Waals surface area (Å²) in [5.41, 5.74) is 0.266. The fourth-order valence-corrected chi connectivity index (χ4v) is 4.90. The maximum Gasteiger partial charge on any atom is 0.334 e. The summed E-state index contributed by atoms with van der Waals surface area (Å²) in [7, 11) is 0. The third-order valence-electron chi connectivity index (χ3n) is 5.92. The van der Waals surface area contributed by atoms with E-state index in [1.165, 1.54) is 6.42 Å². The Morgan fingerprint density at radius 1 is 1.33 bits per heavy atom. The summed E-state index contributed by atoms with van der Waals surface area (Å²) in [4.78, 5) is 12.0. The highest BCUT2D eigenvalue weighted by atomic mass is 16.7. The van der Waals surface area contributed by atoms with Crippen molar-refractivity contribution in [2.24, 2.45) is 17.8 Å². The average molecular weight is 248 g/mol. The maximum atomic E-state index is 12.0. The third kappa shape index (κ3) is 1.04. The Kier molecular flexibility index (Phi) is 1.84. The highest BCUT2D eigenvalue weighted by molar-refractivity contribution is 5.92. The van der Waals surface area contributed by atoms with E-state index in [1.807, 2.05) is 0 Å². The zero-order chi connectivity index (χ0) is 12.7. The number of rotatable bonds is 0. The minimum atomic E-state index is -0.376. The van der Waals surface area contributed by atoms with Gasteiger partial charge in [0.15, 0.2) is 5.60 Å². The van der Waals surface area contributed by atoms with Gasteiger partial charge in [0, 0.05) is 17.4 Å². The molecule has 1 spiro atoms. The lowest BCUT2D eigenvalue weighted by Gasteiger charge is -2.49. The highest BCUT2D eigenvalue weighted by Gasteiger charge is 2.76. The molecule has 2 heterocycles. The quantitative estimate of drug-likeness (QED) is 0.375. The van der Waals surface area contributed by atoms with E-state index in [1.54, 1.807) is 0 Å². The van der Waals surface area contributed by atoms with Crippen LogP contribution in [-0.4, -0.2) is 23.3 Å². The van der Waals surface area contributed by atoms with Crippen LogP contribution in [0.5, 0.6) is 0 Å². The van der Waals surface area contributed by atoms with Crippen LogP contribution >= 0.6 is 0 Å². The minimum absolute atomic E-state index is 0.0449. The molecule has 0 aromatic heterocycles. The summed E-state index contributed by atoms with van der Waals surface area (Å²) in [6, 6.07) is 0. The molecule has 0 unspecified atom stereocenters. The average Bonchev–Trinajstić information content (AvgIpc) is 2.95. The first-order chi connectivity index (χ1) is 8.49. The van der Waals surface area contributed by atoms with Gasteiger partial charge in [-0.25, -0.2) is 4.79 Å². The molecule has 0 N–H and O–H groups in total. The molecular weight excluding hydrogens is 228 g/mol. The standard InChI is InChI=1S/C15H20O3/c1-8-4-5-11-9(2)12(16)17-15(11)10(8)6-7-14(3)13(15)18-14/h8,10-11,13H,2,4-7H2,1,3H3/t8-,10+,11-,13-,14-,15+/m1/s1. The molecule has 2 aliphatic carbocycles. The summed E-state index contributed by atoms with van der Waals surface area (Å²) in [6.45, 7) is 8.43. The van der Waals surface area contributed by atoms with E-state index in [4.69, 9.17) is 9.47 Å². The summed E-state index contributed by atoms with van der Waals surface area (Å²) in [6.07, 6.45) is 4.53. The zero-order valence-electron chi connectivity index (χ0n) is 11.1. The lowest BCUT2D eigenvalue weighted by atomic mass is 9.56. The van der Waals surface area contributed by atoms with Crippen molar-refractivity contribution in [1.29, 1.82) is 0 Å². The minimum Gasteiger partial charge on any atom is -0.452 e. The van der Waals surface area contributed by atoms with E-state index in [0.717, 1.165) is 19.3 Å². The van der Waals surface area contributed by atoms with Crippen LogP contribution in [0.2, 0.25) is 0 Å². The number of fused-ring (bicyclic) bond motifs is 1. The Bertz CT molecular complexity index is 457. The van der Waals surface area contributed by atoms with Crippen molar-refractivity contribution in [3.8, 4) is 0 Å². The first-order valence-corrected chi connectivity index (χ1v) is 7.09. The van der Waals surface area contributed by atoms with E-state index in [9.17, 15) is 4.79 Å². The highest BCUT2D eigenvalue weighted by Crippen LogP contribution is 2.66. The van der Waals surface area contributed by atoms with Crippen molar-refractivity contribution < 1.29 is 14.3 Å². The third-order valence-corrected chi connectivity index (χ3v) is 5.92. The van der Waals surface area contributed by atoms with Gasteiger partial charge in [-0.3, -0.25) is 0 Å². The SMILES string of the molecule is C=C1C(=O)O[C@]23[C@@H]1CC[C@@H](C)[C@@H]2CC[C@@]1(C)O[C@@H]31. The molecule has 4 aliphatic rings. The Hall–Kier alpha value is -0.830. The predicted molar refractivity (Wildman–Crippen MR) is 65.9 cm³/mol. The van der Waals surface area contributed by atoms with Gasteiger partial charge >= 0.3 is 5.97 Å². The van der Waals surface area contributed by atoms with Gasteiger partial charge in [0.2, 0.25) is 0 Å². The Morgan fingerprint density at radius 2 is 2.11 bits per heavy atom. The van der Waals surface area contributed by atoms with Crippen molar-refractivity contribution >= 4 is 5.97 Å². The molecule has 0 amide bonds. The number of carbonyl (C=O) groups excluding carboxylic acids is 1. The normalized spacial score (nSPS) is 57.4. The fourth-order valence-electron chi connectivity index (χ4n) is 4.90. The van der Waals surface area contributed by atoms with Gasteiger partial charge in [0.05, 0.1) is 5.60 Å². The molecule has 4 fully saturated rings. The number of esters is 1. The summed E-state index contributed by atoms with van der Waals surface area (Å²) in [5, 5.41) is 0. The van der Waals surface area contributed by atoms with Gasteiger partial charge in [-0.1, -0.05) is 13.5 Å². The zero-order valence-corrected chi connectivity index (χ0v) is 11.1. The molecule has 3 heteroatoms. The lowest BCUT2D eigenvalue weighted by molar-refractivity contribution is -0.168. The molecule has 6 atom stereocenters. The molecule has 3 nitrogen and oxygen atoms in total. The first-order valence-electron chi connectivity index (χ1n) is 7.09. The van der Waals surface area contributed by atoms with Crippen LogP contribution in [0, 0.1) is 17.8 Å². The molecule has 2 aliphatic heterocycles. The lowest BCUT2D eigenvalue weighted by Crippen LogP contribution is -2.57. The summed E-state index contributed by atoms with van der Waals surface area (Å²) >= 11 is 0. The Morgan fingerprint density at radius 3 is 2.89 bits per heavy atom. The molecular formula is C15H20O3. The van der Waals surface area contributed by atoms with E-state index >= 15 is 0 Å². The van der Waals surface area contributed by atoms with E-state index in [2.05, 4.69) is 20.4 Å². The van der Waals surface area contributed by atoms with Gasteiger partial charge in [-0.15, -0.1) is 0 Å². The number of epoxide rings is 1. The predicted octanol–water partition coefficient (Wildman–Crippen LogP) is 2.45. The van der Waals surface area contributed by atoms with Crippen molar-refractivity contribution in [3.05, 3.63) is 12.2 Å². The van der Waals surface area contributed by atoms with Gasteiger partial charge in [0.1, 0.15) is 6.10 Å². The second kappa shape index (κ2) is 3.01. The number of ether oxygens (including phenoxy) is 2. The smallest absolute Gasteiger partial charge is 0.334 e. The Labute approximate surface area is 108 Å². The van der Waals surface area contributed by atoms with Crippen LogP contribution in [0.25, 0.3) is 0 Å². The molecule has 18 heavy (non-hydrogen) atoms. The van der Waals surface area contributed by atoms with Crippen LogP contribution in [0.4, 0.5) is 0 Å². The van der Waals surface area contributed by atoms with Crippen molar-refractivity contribution in [2.75, 3.05) is 0 Å². The molecule has 0 radical (unpaired) electrons. The van der Waals surface area contributed by atoms with Crippen LogP contribution in [-0.2, 0) is 14.3 Å². The number of hydrogen-bond acceptors (Lipinski definition) is 3. The van der Waals surface area contributed by atoms with E-state index in [0.29, 0.717) is 17.4 Å². The summed E-state index contributed by atoms with van der Waals surface area (Å²) in [5.74, 6) is 1.09. The molecule has 2 saturated heterocycles. The molecule has 0 aromatic rings. The van der Waals surface area contributed by atoms with E-state index < -0.39 is 0 Å². The van der Waals surface area contributed by atoms with Gasteiger partial charge < -0.3 is 9.47 Å². The van der Waals surface area contributed by atoms with Gasteiger partial charge in [-0.05, 0) is 38.5 Å². The van der Waals surface area contributed by atoms with Crippen LogP contribution < -0.4 is 0 Å². The van der Waals surface area contributed by atoms with Crippen LogP contribution in [0.15, 0.2) is 12.2 Å². The Balaban J connectivity index is 1.83. The second-order valence-electron chi connectivity index (χ2n) is 6.83. The maximum absolute atomic E-state index is 12.0. The summed E-state index contributed by atoms with van der Waals surface area (Å²) < 4.78 is 11.9. The van der Waals surface area contributed by atoms with Crippen molar-refractivity contribution in [1.82, 2.24) is 0 Å². The fraction of sp³-hybridized carbons (Fsp3) is 0.800. The number of carbonyl (C=O) groups is 1. The molecule has 2 saturated carbocycles. The molecule has 4 rings (SSSR count). The second-order valence-corrected chi connectivity index (χ2v) is 6.83. The van der Waals surface area contributed by atoms with Crippen molar-refractivity contribution in [2.45, 2.75) is 56.8 Å². The molecule has 98 valence electrons. The molecule has 0 aromatic carbocycles. The monoisotopic (exact) mass is 248 g/mol.